The number of aliphatic hydroxyl groups excluding tert-OH is 1. The Labute approximate surface area is 156 Å². The van der Waals surface area contributed by atoms with Crippen molar-refractivity contribution in [3.63, 3.8) is 0 Å². The zero-order valence-electron chi connectivity index (χ0n) is 16.2. The number of carbonyl (C=O) groups is 1. The summed E-state index contributed by atoms with van der Waals surface area (Å²) in [5.41, 5.74) is 3.20. The summed E-state index contributed by atoms with van der Waals surface area (Å²) >= 11 is 0. The predicted octanol–water partition coefficient (Wildman–Crippen LogP) is 4.41. The van der Waals surface area contributed by atoms with Crippen molar-refractivity contribution in [2.45, 2.75) is 71.3 Å². The maximum absolute atomic E-state index is 11.6. The van der Waals surface area contributed by atoms with E-state index in [-0.39, 0.29) is 17.5 Å². The van der Waals surface area contributed by atoms with Gasteiger partial charge in [-0.05, 0) is 91.4 Å². The van der Waals surface area contributed by atoms with E-state index in [1.807, 2.05) is 0 Å². The average molecular weight is 357 g/mol. The van der Waals surface area contributed by atoms with Gasteiger partial charge >= 0.3 is 5.97 Å². The number of esters is 1. The van der Waals surface area contributed by atoms with Crippen molar-refractivity contribution in [1.82, 2.24) is 0 Å². The minimum absolute atomic E-state index is 0.0647. The maximum atomic E-state index is 11.6. The molecule has 3 fully saturated rings. The van der Waals surface area contributed by atoms with Gasteiger partial charge in [0, 0.05) is 11.6 Å². The largest absolute Gasteiger partial charge is 0.458 e. The first kappa shape index (κ1) is 17.0. The molecule has 0 spiro atoms. The van der Waals surface area contributed by atoms with E-state index in [2.05, 4.69) is 19.9 Å². The van der Waals surface area contributed by atoms with Crippen molar-refractivity contribution < 1.29 is 14.6 Å². The smallest absolute Gasteiger partial charge is 0.331 e. The Hall–Kier alpha value is -1.09. The molecule has 5 aliphatic rings. The summed E-state index contributed by atoms with van der Waals surface area (Å²) in [5, 5.41) is 10.2. The van der Waals surface area contributed by atoms with E-state index in [1.165, 1.54) is 44.1 Å². The number of rotatable bonds is 1. The van der Waals surface area contributed by atoms with Crippen molar-refractivity contribution in [3.8, 4) is 0 Å². The van der Waals surface area contributed by atoms with Crippen LogP contribution in [0.25, 0.3) is 0 Å². The molecule has 0 saturated heterocycles. The van der Waals surface area contributed by atoms with Gasteiger partial charge in [0.05, 0.1) is 6.10 Å². The molecule has 7 atom stereocenters. The summed E-state index contributed by atoms with van der Waals surface area (Å²) in [6, 6.07) is 0. The first-order chi connectivity index (χ1) is 12.4. The molecule has 0 aromatic carbocycles. The summed E-state index contributed by atoms with van der Waals surface area (Å²) in [7, 11) is 0. The van der Waals surface area contributed by atoms with Gasteiger partial charge in [0.2, 0.25) is 0 Å². The van der Waals surface area contributed by atoms with E-state index in [9.17, 15) is 9.90 Å². The molecule has 142 valence electrons. The van der Waals surface area contributed by atoms with Crippen molar-refractivity contribution >= 4 is 5.97 Å². The van der Waals surface area contributed by atoms with Gasteiger partial charge in [0.1, 0.15) is 6.61 Å². The van der Waals surface area contributed by atoms with Crippen molar-refractivity contribution in [2.24, 2.45) is 34.5 Å². The first-order valence-electron chi connectivity index (χ1n) is 10.7. The minimum Gasteiger partial charge on any atom is -0.458 e. The first-order valence-corrected chi connectivity index (χ1v) is 10.7. The Bertz CT molecular complexity index is 692. The van der Waals surface area contributed by atoms with E-state index in [0.717, 1.165) is 36.2 Å². The molecule has 0 bridgehead atoms. The average Bonchev–Trinajstić information content (AvgIpc) is 3.18. The lowest BCUT2D eigenvalue weighted by Crippen LogP contribution is -2.53. The van der Waals surface area contributed by atoms with Crippen LogP contribution in [0.15, 0.2) is 23.3 Å². The van der Waals surface area contributed by atoms with Crippen LogP contribution in [0.3, 0.4) is 0 Å². The molecule has 0 amide bonds. The van der Waals surface area contributed by atoms with Gasteiger partial charge in [-0.1, -0.05) is 19.9 Å². The van der Waals surface area contributed by atoms with Gasteiger partial charge in [-0.2, -0.15) is 0 Å². The Balaban J connectivity index is 1.42. The molecule has 1 aliphatic heterocycles. The lowest BCUT2D eigenvalue weighted by molar-refractivity contribution is -0.134. The fraction of sp³-hybridized carbons (Fsp3) is 0.783. The van der Waals surface area contributed by atoms with Gasteiger partial charge in [-0.25, -0.2) is 4.79 Å². The fourth-order valence-electron chi connectivity index (χ4n) is 7.83. The molecule has 0 radical (unpaired) electrons. The maximum Gasteiger partial charge on any atom is 0.331 e. The van der Waals surface area contributed by atoms with Crippen LogP contribution in [0, 0.1) is 34.5 Å². The standard InChI is InChI=1S/C23H32O3/c1-22-9-7-16(24)12-15(22)3-4-17-19-6-5-18(14-11-21(25)26-13-14)23(19,2)10-8-20(17)22/h5,11,15-17,19-20,24H,3-4,6-10,12-13H2,1-2H3/t15-,16-,17-,19+,20-,22-,23+/m0/s1. The molecule has 26 heavy (non-hydrogen) atoms. The highest BCUT2D eigenvalue weighted by Gasteiger charge is 2.58. The molecular formula is C23H32O3. The molecule has 3 heteroatoms. The third-order valence-electron chi connectivity index (χ3n) is 9.23. The van der Waals surface area contributed by atoms with E-state index >= 15 is 0 Å². The number of hydrogen-bond acceptors (Lipinski definition) is 3. The molecule has 1 N–H and O–H groups in total. The third kappa shape index (κ3) is 2.25. The number of carbonyl (C=O) groups excluding carboxylic acids is 1. The Kier molecular flexibility index (Phi) is 3.74. The molecule has 4 aliphatic carbocycles. The van der Waals surface area contributed by atoms with Gasteiger partial charge in [-0.15, -0.1) is 0 Å². The molecule has 0 unspecified atom stereocenters. The lowest BCUT2D eigenvalue weighted by atomic mass is 9.44. The van der Waals surface area contributed by atoms with Crippen LogP contribution >= 0.6 is 0 Å². The van der Waals surface area contributed by atoms with Crippen LogP contribution in [-0.2, 0) is 9.53 Å². The fourth-order valence-corrected chi connectivity index (χ4v) is 7.83. The van der Waals surface area contributed by atoms with E-state index < -0.39 is 0 Å². The Morgan fingerprint density at radius 1 is 1.12 bits per heavy atom. The van der Waals surface area contributed by atoms with E-state index in [0.29, 0.717) is 17.9 Å². The highest BCUT2D eigenvalue weighted by atomic mass is 16.5. The zero-order valence-corrected chi connectivity index (χ0v) is 16.2. The van der Waals surface area contributed by atoms with Gasteiger partial charge in [0.15, 0.2) is 0 Å². The molecular weight excluding hydrogens is 324 g/mol. The molecule has 0 aromatic rings. The SMILES string of the molecule is C[C@]12CC[C@H](O)C[C@@H]1CC[C@H]1[C@H]3CC=C(C4=CC(=O)OC4)[C@@]3(C)CC[C@@H]12. The third-order valence-corrected chi connectivity index (χ3v) is 9.23. The van der Waals surface area contributed by atoms with Crippen LogP contribution in [0.4, 0.5) is 0 Å². The summed E-state index contributed by atoms with van der Waals surface area (Å²) < 4.78 is 5.21. The van der Waals surface area contributed by atoms with Crippen molar-refractivity contribution in [2.75, 3.05) is 6.61 Å². The quantitative estimate of drug-likeness (QED) is 0.708. The van der Waals surface area contributed by atoms with Crippen molar-refractivity contribution in [3.05, 3.63) is 23.3 Å². The van der Waals surface area contributed by atoms with E-state index in [4.69, 9.17) is 4.74 Å². The molecule has 1 heterocycles. The lowest BCUT2D eigenvalue weighted by Gasteiger charge is -2.60. The van der Waals surface area contributed by atoms with Crippen molar-refractivity contribution in [1.29, 1.82) is 0 Å². The number of hydrogen-bond donors (Lipinski definition) is 1. The second-order valence-electron chi connectivity index (χ2n) is 10.2. The summed E-state index contributed by atoms with van der Waals surface area (Å²) in [6.45, 7) is 5.46. The van der Waals surface area contributed by atoms with Gasteiger partial charge in [0.25, 0.3) is 0 Å². The number of allylic oxidation sites excluding steroid dienone is 1. The van der Waals surface area contributed by atoms with E-state index in [1.54, 1.807) is 6.08 Å². The summed E-state index contributed by atoms with van der Waals surface area (Å²) in [6.07, 6.45) is 13.6. The number of ether oxygens (including phenoxy) is 1. The molecule has 3 nitrogen and oxygen atoms in total. The molecule has 0 aromatic heterocycles. The minimum atomic E-state index is -0.171. The van der Waals surface area contributed by atoms with Crippen LogP contribution in [0.1, 0.15) is 65.2 Å². The topological polar surface area (TPSA) is 46.5 Å². The second kappa shape index (κ2) is 5.70. The van der Waals surface area contributed by atoms with Crippen LogP contribution in [-0.4, -0.2) is 23.8 Å². The Morgan fingerprint density at radius 2 is 1.96 bits per heavy atom. The van der Waals surface area contributed by atoms with Crippen LogP contribution in [0.5, 0.6) is 0 Å². The number of aliphatic hydroxyl groups is 1. The number of cyclic esters (lactones) is 1. The van der Waals surface area contributed by atoms with Gasteiger partial charge < -0.3 is 9.84 Å². The second-order valence-corrected chi connectivity index (χ2v) is 10.2. The van der Waals surface area contributed by atoms with Crippen LogP contribution in [0.2, 0.25) is 0 Å². The normalized spacial score (nSPS) is 50.3. The molecule has 3 saturated carbocycles. The highest BCUT2D eigenvalue weighted by Crippen LogP contribution is 2.67. The van der Waals surface area contributed by atoms with Crippen LogP contribution < -0.4 is 0 Å². The summed E-state index contributed by atoms with van der Waals surface area (Å²) in [4.78, 5) is 11.6. The predicted molar refractivity (Wildman–Crippen MR) is 100 cm³/mol. The summed E-state index contributed by atoms with van der Waals surface area (Å²) in [5.74, 6) is 2.88. The van der Waals surface area contributed by atoms with Gasteiger partial charge in [-0.3, -0.25) is 0 Å². The molecule has 5 rings (SSSR count). The number of fused-ring (bicyclic) bond motifs is 5. The highest BCUT2D eigenvalue weighted by molar-refractivity contribution is 5.86. The zero-order chi connectivity index (χ0) is 18.1. The Morgan fingerprint density at radius 3 is 2.73 bits per heavy atom. The monoisotopic (exact) mass is 356 g/mol.